The van der Waals surface area contributed by atoms with Crippen molar-refractivity contribution in [3.05, 3.63) is 65.2 Å². The van der Waals surface area contributed by atoms with Gasteiger partial charge in [0.25, 0.3) is 11.8 Å². The molecule has 136 valence electrons. The van der Waals surface area contributed by atoms with E-state index in [0.717, 1.165) is 5.56 Å². The first-order valence-electron chi connectivity index (χ1n) is 8.47. The van der Waals surface area contributed by atoms with Crippen molar-refractivity contribution in [3.63, 3.8) is 0 Å². The van der Waals surface area contributed by atoms with Crippen LogP contribution in [0.5, 0.6) is 0 Å². The molecule has 6 nitrogen and oxygen atoms in total. The van der Waals surface area contributed by atoms with Crippen LogP contribution < -0.4 is 16.0 Å². The first-order chi connectivity index (χ1) is 12.5. The molecule has 3 N–H and O–H groups in total. The molecule has 2 aromatic rings. The number of benzene rings is 2. The average Bonchev–Trinajstić information content (AvgIpc) is 2.66. The molecule has 2 aromatic carbocycles. The van der Waals surface area contributed by atoms with E-state index in [1.165, 1.54) is 0 Å². The summed E-state index contributed by atoms with van der Waals surface area (Å²) in [6, 6.07) is 14.1. The Labute approximate surface area is 153 Å². The quantitative estimate of drug-likeness (QED) is 0.669. The molecule has 0 aliphatic heterocycles. The standard InChI is InChI=1S/C20H23N3O3/c1-14-10-11-16(19(25)21-2)13-17(14)23-18(24)9-6-12-22-20(26)15-7-4-3-5-8-15/h3-5,7-8,10-11,13H,6,9,12H2,1-2H3,(H,21,25)(H,22,26)(H,23,24). The summed E-state index contributed by atoms with van der Waals surface area (Å²) in [6.45, 7) is 2.28. The predicted molar refractivity (Wildman–Crippen MR) is 101 cm³/mol. The smallest absolute Gasteiger partial charge is 0.251 e. The van der Waals surface area contributed by atoms with E-state index in [9.17, 15) is 14.4 Å². The lowest BCUT2D eigenvalue weighted by atomic mass is 10.1. The zero-order chi connectivity index (χ0) is 18.9. The Morgan fingerprint density at radius 1 is 0.923 bits per heavy atom. The highest BCUT2D eigenvalue weighted by Crippen LogP contribution is 2.17. The molecule has 6 heteroatoms. The van der Waals surface area contributed by atoms with Gasteiger partial charge in [0.1, 0.15) is 0 Å². The highest BCUT2D eigenvalue weighted by atomic mass is 16.2. The van der Waals surface area contributed by atoms with Gasteiger partial charge in [0, 0.05) is 36.8 Å². The van der Waals surface area contributed by atoms with Crippen LogP contribution in [0.3, 0.4) is 0 Å². The van der Waals surface area contributed by atoms with E-state index in [0.29, 0.717) is 29.8 Å². The lowest BCUT2D eigenvalue weighted by Crippen LogP contribution is -2.25. The van der Waals surface area contributed by atoms with Gasteiger partial charge in [-0.15, -0.1) is 0 Å². The fraction of sp³-hybridized carbons (Fsp3) is 0.250. The molecule has 26 heavy (non-hydrogen) atoms. The topological polar surface area (TPSA) is 87.3 Å². The second-order valence-corrected chi connectivity index (χ2v) is 5.88. The van der Waals surface area contributed by atoms with E-state index in [2.05, 4.69) is 16.0 Å². The van der Waals surface area contributed by atoms with Crippen molar-refractivity contribution in [2.45, 2.75) is 19.8 Å². The number of aryl methyl sites for hydroxylation is 1. The summed E-state index contributed by atoms with van der Waals surface area (Å²) in [6.07, 6.45) is 0.803. The summed E-state index contributed by atoms with van der Waals surface area (Å²) in [5.41, 5.74) is 2.58. The van der Waals surface area contributed by atoms with Gasteiger partial charge in [0.05, 0.1) is 0 Å². The molecule has 0 radical (unpaired) electrons. The van der Waals surface area contributed by atoms with E-state index < -0.39 is 0 Å². The molecule has 0 heterocycles. The third-order valence-corrected chi connectivity index (χ3v) is 3.90. The second-order valence-electron chi connectivity index (χ2n) is 5.88. The predicted octanol–water partition coefficient (Wildman–Crippen LogP) is 2.50. The highest BCUT2D eigenvalue weighted by Gasteiger charge is 2.10. The van der Waals surface area contributed by atoms with Gasteiger partial charge in [0.15, 0.2) is 0 Å². The number of amides is 3. The van der Waals surface area contributed by atoms with Crippen molar-refractivity contribution >= 4 is 23.4 Å². The molecule has 0 fully saturated rings. The lowest BCUT2D eigenvalue weighted by molar-refractivity contribution is -0.116. The van der Waals surface area contributed by atoms with Crippen LogP contribution in [-0.2, 0) is 4.79 Å². The van der Waals surface area contributed by atoms with E-state index in [-0.39, 0.29) is 24.1 Å². The minimum absolute atomic E-state index is 0.153. The minimum Gasteiger partial charge on any atom is -0.355 e. The van der Waals surface area contributed by atoms with E-state index >= 15 is 0 Å². The molecule has 0 bridgehead atoms. The third kappa shape index (κ3) is 5.44. The largest absolute Gasteiger partial charge is 0.355 e. The highest BCUT2D eigenvalue weighted by molar-refractivity contribution is 5.97. The molecule has 2 rings (SSSR count). The molecule has 0 saturated carbocycles. The van der Waals surface area contributed by atoms with E-state index in [1.807, 2.05) is 13.0 Å². The van der Waals surface area contributed by atoms with Crippen molar-refractivity contribution in [3.8, 4) is 0 Å². The SMILES string of the molecule is CNC(=O)c1ccc(C)c(NC(=O)CCCNC(=O)c2ccccc2)c1. The van der Waals surface area contributed by atoms with Gasteiger partial charge in [0.2, 0.25) is 5.91 Å². The fourth-order valence-electron chi connectivity index (χ4n) is 2.40. The lowest BCUT2D eigenvalue weighted by Gasteiger charge is -2.10. The van der Waals surface area contributed by atoms with E-state index in [1.54, 1.807) is 49.5 Å². The maximum Gasteiger partial charge on any atom is 0.251 e. The van der Waals surface area contributed by atoms with Crippen LogP contribution in [0.2, 0.25) is 0 Å². The summed E-state index contributed by atoms with van der Waals surface area (Å²) in [4.78, 5) is 35.7. The molecular weight excluding hydrogens is 330 g/mol. The molecule has 0 spiro atoms. The van der Waals surface area contributed by atoms with Crippen LogP contribution in [0.4, 0.5) is 5.69 Å². The summed E-state index contributed by atoms with van der Waals surface area (Å²) in [5.74, 6) is -0.514. The van der Waals surface area contributed by atoms with Gasteiger partial charge in [-0.1, -0.05) is 24.3 Å². The number of anilines is 1. The number of hydrogen-bond donors (Lipinski definition) is 3. The molecule has 0 atom stereocenters. The Kier molecular flexibility index (Phi) is 6.91. The van der Waals surface area contributed by atoms with Crippen molar-refractivity contribution < 1.29 is 14.4 Å². The zero-order valence-corrected chi connectivity index (χ0v) is 15.0. The van der Waals surface area contributed by atoms with Gasteiger partial charge < -0.3 is 16.0 Å². The minimum atomic E-state index is -0.205. The molecule has 0 saturated heterocycles. The van der Waals surface area contributed by atoms with Crippen LogP contribution in [0.25, 0.3) is 0 Å². The molecule has 0 aliphatic rings. The van der Waals surface area contributed by atoms with Crippen LogP contribution in [0.1, 0.15) is 39.1 Å². The van der Waals surface area contributed by atoms with Crippen LogP contribution >= 0.6 is 0 Å². The van der Waals surface area contributed by atoms with Gasteiger partial charge in [-0.3, -0.25) is 14.4 Å². The monoisotopic (exact) mass is 353 g/mol. The Hall–Kier alpha value is -3.15. The number of carbonyl (C=O) groups excluding carboxylic acids is 3. The van der Waals surface area contributed by atoms with Crippen molar-refractivity contribution in [1.29, 1.82) is 0 Å². The van der Waals surface area contributed by atoms with Crippen LogP contribution in [0.15, 0.2) is 48.5 Å². The zero-order valence-electron chi connectivity index (χ0n) is 15.0. The van der Waals surface area contributed by atoms with Gasteiger partial charge in [-0.25, -0.2) is 0 Å². The maximum atomic E-state index is 12.1. The second kappa shape index (κ2) is 9.36. The normalized spacial score (nSPS) is 10.1. The van der Waals surface area contributed by atoms with Gasteiger partial charge >= 0.3 is 0 Å². The first kappa shape index (κ1) is 19.2. The molecule has 0 aliphatic carbocycles. The first-order valence-corrected chi connectivity index (χ1v) is 8.47. The Balaban J connectivity index is 1.80. The number of carbonyl (C=O) groups is 3. The number of rotatable bonds is 7. The van der Waals surface area contributed by atoms with Gasteiger partial charge in [-0.05, 0) is 43.2 Å². The fourth-order valence-corrected chi connectivity index (χ4v) is 2.40. The third-order valence-electron chi connectivity index (χ3n) is 3.90. The Morgan fingerprint density at radius 3 is 2.35 bits per heavy atom. The Bertz CT molecular complexity index is 788. The summed E-state index contributed by atoms with van der Waals surface area (Å²) >= 11 is 0. The maximum absolute atomic E-state index is 12.1. The van der Waals surface area contributed by atoms with Crippen LogP contribution in [-0.4, -0.2) is 31.3 Å². The molecule has 0 unspecified atom stereocenters. The van der Waals surface area contributed by atoms with Crippen LogP contribution in [0, 0.1) is 6.92 Å². The number of nitrogens with one attached hydrogen (secondary N) is 3. The average molecular weight is 353 g/mol. The van der Waals surface area contributed by atoms with Crippen molar-refractivity contribution in [2.75, 3.05) is 18.9 Å². The molecule has 3 amide bonds. The van der Waals surface area contributed by atoms with Crippen molar-refractivity contribution in [2.24, 2.45) is 0 Å². The summed E-state index contributed by atoms with van der Waals surface area (Å²) in [5, 5.41) is 8.16. The molecular formula is C20H23N3O3. The summed E-state index contributed by atoms with van der Waals surface area (Å²) < 4.78 is 0. The van der Waals surface area contributed by atoms with Crippen molar-refractivity contribution in [1.82, 2.24) is 10.6 Å². The molecule has 0 aromatic heterocycles. The van der Waals surface area contributed by atoms with E-state index in [4.69, 9.17) is 0 Å². The number of hydrogen-bond acceptors (Lipinski definition) is 3. The van der Waals surface area contributed by atoms with Gasteiger partial charge in [-0.2, -0.15) is 0 Å². The summed E-state index contributed by atoms with van der Waals surface area (Å²) in [7, 11) is 1.56. The Morgan fingerprint density at radius 2 is 1.65 bits per heavy atom.